The van der Waals surface area contributed by atoms with E-state index in [1.807, 2.05) is 85.8 Å². The van der Waals surface area contributed by atoms with Crippen LogP contribution >= 0.6 is 11.3 Å². The van der Waals surface area contributed by atoms with E-state index in [0.29, 0.717) is 10.7 Å². The number of pyridine rings is 1. The van der Waals surface area contributed by atoms with Crippen LogP contribution < -0.4 is 5.32 Å². The number of aryl methyl sites for hydroxylation is 1. The molecule has 0 aliphatic heterocycles. The van der Waals surface area contributed by atoms with Crippen molar-refractivity contribution < 1.29 is 4.79 Å². The molecule has 0 aliphatic rings. The summed E-state index contributed by atoms with van der Waals surface area (Å²) in [4.78, 5) is 22.5. The topological polar surface area (TPSA) is 54.9 Å². The molecule has 1 amide bonds. The van der Waals surface area contributed by atoms with Crippen molar-refractivity contribution >= 4 is 43.5 Å². The number of para-hydroxylation sites is 2. The van der Waals surface area contributed by atoms with E-state index in [-0.39, 0.29) is 5.91 Å². The van der Waals surface area contributed by atoms with Crippen molar-refractivity contribution in [2.75, 3.05) is 5.32 Å². The van der Waals surface area contributed by atoms with Crippen molar-refractivity contribution in [2.45, 2.75) is 6.92 Å². The van der Waals surface area contributed by atoms with E-state index in [4.69, 9.17) is 4.98 Å². The molecule has 0 unspecified atom stereocenters. The van der Waals surface area contributed by atoms with E-state index in [1.165, 1.54) is 11.3 Å². The van der Waals surface area contributed by atoms with Gasteiger partial charge in [-0.2, -0.15) is 0 Å². The van der Waals surface area contributed by atoms with E-state index in [1.54, 1.807) is 0 Å². The summed E-state index contributed by atoms with van der Waals surface area (Å²) in [6.45, 7) is 2.05. The van der Waals surface area contributed by atoms with E-state index in [0.717, 1.165) is 37.9 Å². The Morgan fingerprint density at radius 3 is 2.41 bits per heavy atom. The van der Waals surface area contributed by atoms with Crippen LogP contribution in [0.3, 0.4) is 0 Å². The van der Waals surface area contributed by atoms with E-state index < -0.39 is 0 Å². The number of hydrogen-bond donors (Lipinski definition) is 1. The molecule has 140 valence electrons. The van der Waals surface area contributed by atoms with Crippen molar-refractivity contribution in [3.05, 3.63) is 90.0 Å². The molecule has 2 aromatic heterocycles. The smallest absolute Gasteiger partial charge is 0.258 e. The van der Waals surface area contributed by atoms with Crippen LogP contribution in [0.4, 0.5) is 5.13 Å². The Morgan fingerprint density at radius 1 is 0.862 bits per heavy atom. The lowest BCUT2D eigenvalue weighted by Crippen LogP contribution is -2.13. The number of aromatic nitrogens is 2. The Kier molecular flexibility index (Phi) is 4.30. The number of carbonyl (C=O) groups excluding carboxylic acids is 1. The number of amides is 1. The zero-order valence-electron chi connectivity index (χ0n) is 15.7. The van der Waals surface area contributed by atoms with Gasteiger partial charge in [-0.3, -0.25) is 10.1 Å². The second-order valence-corrected chi connectivity index (χ2v) is 7.86. The third kappa shape index (κ3) is 3.26. The van der Waals surface area contributed by atoms with Crippen LogP contribution in [0.1, 0.15) is 15.9 Å². The molecule has 3 aromatic carbocycles. The summed E-state index contributed by atoms with van der Waals surface area (Å²) in [7, 11) is 0. The van der Waals surface area contributed by atoms with Crippen molar-refractivity contribution in [3.63, 3.8) is 0 Å². The molecule has 0 atom stereocenters. The predicted molar refractivity (Wildman–Crippen MR) is 119 cm³/mol. The van der Waals surface area contributed by atoms with Gasteiger partial charge < -0.3 is 0 Å². The summed E-state index contributed by atoms with van der Waals surface area (Å²) in [5, 5.41) is 4.39. The van der Waals surface area contributed by atoms with Crippen LogP contribution in [0.25, 0.3) is 32.4 Å². The quantitative estimate of drug-likeness (QED) is 0.403. The molecule has 0 spiro atoms. The van der Waals surface area contributed by atoms with Crippen molar-refractivity contribution in [1.82, 2.24) is 9.97 Å². The number of carbonyl (C=O) groups is 1. The summed E-state index contributed by atoms with van der Waals surface area (Å²) in [6, 6.07) is 25.5. The highest BCUT2D eigenvalue weighted by molar-refractivity contribution is 7.22. The van der Waals surface area contributed by atoms with Gasteiger partial charge in [0.15, 0.2) is 5.13 Å². The number of thiazole rings is 1. The minimum atomic E-state index is -0.183. The molecule has 0 fully saturated rings. The van der Waals surface area contributed by atoms with Gasteiger partial charge in [-0.25, -0.2) is 9.97 Å². The summed E-state index contributed by atoms with van der Waals surface area (Å²) in [5.41, 5.74) is 5.19. The Labute approximate surface area is 171 Å². The Bertz CT molecular complexity index is 1340. The van der Waals surface area contributed by atoms with E-state index >= 15 is 0 Å². The first-order valence-corrected chi connectivity index (χ1v) is 10.1. The van der Waals surface area contributed by atoms with Gasteiger partial charge >= 0.3 is 0 Å². The SMILES string of the molecule is Cc1ccccc1-c1cc(C(=O)Nc2nc3ccccc3s2)c2ccccc2n1. The normalized spacial score (nSPS) is 11.1. The summed E-state index contributed by atoms with van der Waals surface area (Å²) in [5.74, 6) is -0.183. The lowest BCUT2D eigenvalue weighted by molar-refractivity contribution is 0.102. The third-order valence-corrected chi connectivity index (χ3v) is 5.85. The van der Waals surface area contributed by atoms with Crippen molar-refractivity contribution in [2.24, 2.45) is 0 Å². The largest absolute Gasteiger partial charge is 0.298 e. The molecule has 0 radical (unpaired) electrons. The fourth-order valence-electron chi connectivity index (χ4n) is 3.45. The number of nitrogens with zero attached hydrogens (tertiary/aromatic N) is 2. The molecule has 0 saturated carbocycles. The molecule has 0 saturated heterocycles. The summed E-state index contributed by atoms with van der Waals surface area (Å²) >= 11 is 1.47. The minimum absolute atomic E-state index is 0.183. The standard InChI is InChI=1S/C24H17N3OS/c1-15-8-2-3-9-16(15)21-14-18(17-10-4-5-11-19(17)25-21)23(28)27-24-26-20-12-6-7-13-22(20)29-24/h2-14H,1H3,(H,26,27,28). The summed E-state index contributed by atoms with van der Waals surface area (Å²) < 4.78 is 1.04. The van der Waals surface area contributed by atoms with Crippen molar-refractivity contribution in [1.29, 1.82) is 0 Å². The number of nitrogens with one attached hydrogen (secondary N) is 1. The van der Waals surface area contributed by atoms with Gasteiger partial charge in [0, 0.05) is 10.9 Å². The molecule has 0 bridgehead atoms. The average Bonchev–Trinajstić information content (AvgIpc) is 3.15. The highest BCUT2D eigenvalue weighted by Gasteiger charge is 2.16. The van der Waals surface area contributed by atoms with Crippen LogP contribution in [0.15, 0.2) is 78.9 Å². The van der Waals surface area contributed by atoms with Gasteiger partial charge in [0.1, 0.15) is 0 Å². The predicted octanol–water partition coefficient (Wildman–Crippen LogP) is 6.07. The number of fused-ring (bicyclic) bond motifs is 2. The first kappa shape index (κ1) is 17.5. The van der Waals surface area contributed by atoms with Crippen LogP contribution in [-0.4, -0.2) is 15.9 Å². The molecule has 29 heavy (non-hydrogen) atoms. The molecular formula is C24H17N3OS. The molecule has 5 aromatic rings. The molecule has 4 nitrogen and oxygen atoms in total. The first-order valence-electron chi connectivity index (χ1n) is 9.32. The molecule has 5 rings (SSSR count). The first-order chi connectivity index (χ1) is 14.2. The Balaban J connectivity index is 1.61. The van der Waals surface area contributed by atoms with E-state index in [2.05, 4.69) is 10.3 Å². The summed E-state index contributed by atoms with van der Waals surface area (Å²) in [6.07, 6.45) is 0. The Hall–Kier alpha value is -3.57. The zero-order chi connectivity index (χ0) is 19.8. The second kappa shape index (κ2) is 7.11. The number of rotatable bonds is 3. The van der Waals surface area contributed by atoms with E-state index in [9.17, 15) is 4.79 Å². The van der Waals surface area contributed by atoms with Crippen LogP contribution in [0.5, 0.6) is 0 Å². The maximum atomic E-state index is 13.2. The van der Waals surface area contributed by atoms with Gasteiger partial charge in [-0.1, -0.05) is 65.9 Å². The maximum Gasteiger partial charge on any atom is 0.258 e. The lowest BCUT2D eigenvalue weighted by atomic mass is 10.0. The van der Waals surface area contributed by atoms with Crippen molar-refractivity contribution in [3.8, 4) is 11.3 Å². The van der Waals surface area contributed by atoms with Crippen LogP contribution in [0, 0.1) is 6.92 Å². The average molecular weight is 395 g/mol. The number of hydrogen-bond acceptors (Lipinski definition) is 4. The molecule has 2 heterocycles. The third-order valence-electron chi connectivity index (χ3n) is 4.90. The lowest BCUT2D eigenvalue weighted by Gasteiger charge is -2.11. The zero-order valence-corrected chi connectivity index (χ0v) is 16.5. The highest BCUT2D eigenvalue weighted by atomic mass is 32.1. The molecule has 5 heteroatoms. The molecule has 0 aliphatic carbocycles. The maximum absolute atomic E-state index is 13.2. The second-order valence-electron chi connectivity index (χ2n) is 6.83. The fourth-order valence-corrected chi connectivity index (χ4v) is 4.31. The number of anilines is 1. The minimum Gasteiger partial charge on any atom is -0.298 e. The molecular weight excluding hydrogens is 378 g/mol. The van der Waals surface area contributed by atoms with Crippen LogP contribution in [-0.2, 0) is 0 Å². The Morgan fingerprint density at radius 2 is 1.59 bits per heavy atom. The monoisotopic (exact) mass is 395 g/mol. The van der Waals surface area contributed by atoms with Gasteiger partial charge in [0.05, 0.1) is 27.0 Å². The molecule has 1 N–H and O–H groups in total. The number of benzene rings is 3. The van der Waals surface area contributed by atoms with Gasteiger partial charge in [0.25, 0.3) is 5.91 Å². The van der Waals surface area contributed by atoms with Gasteiger partial charge in [-0.15, -0.1) is 0 Å². The van der Waals surface area contributed by atoms with Crippen LogP contribution in [0.2, 0.25) is 0 Å². The van der Waals surface area contributed by atoms with Gasteiger partial charge in [-0.05, 0) is 36.8 Å². The van der Waals surface area contributed by atoms with Gasteiger partial charge in [0.2, 0.25) is 0 Å². The highest BCUT2D eigenvalue weighted by Crippen LogP contribution is 2.29. The fraction of sp³-hybridized carbons (Fsp3) is 0.0417.